The summed E-state index contributed by atoms with van der Waals surface area (Å²) in [4.78, 5) is 8.15. The van der Waals surface area contributed by atoms with Crippen LogP contribution in [0.1, 0.15) is 5.82 Å². The van der Waals surface area contributed by atoms with Crippen molar-refractivity contribution in [1.29, 1.82) is 0 Å². The Morgan fingerprint density at radius 2 is 1.94 bits per heavy atom. The van der Waals surface area contributed by atoms with Crippen molar-refractivity contribution in [2.24, 2.45) is 0 Å². The number of benzene rings is 1. The van der Waals surface area contributed by atoms with Crippen LogP contribution in [0.2, 0.25) is 0 Å². The number of hydrogen-bond donors (Lipinski definition) is 0. The van der Waals surface area contributed by atoms with Crippen LogP contribution in [0.4, 0.5) is 4.39 Å². The van der Waals surface area contributed by atoms with E-state index >= 15 is 0 Å². The molecule has 17 heavy (non-hydrogen) atoms. The van der Waals surface area contributed by atoms with Crippen molar-refractivity contribution in [1.82, 2.24) is 9.97 Å². The Balaban J connectivity index is 2.34. The first-order valence-electron chi connectivity index (χ1n) is 4.69. The molecule has 0 aliphatic carbocycles. The highest BCUT2D eigenvalue weighted by Gasteiger charge is 2.07. The molecule has 0 radical (unpaired) electrons. The lowest BCUT2D eigenvalue weighted by molar-refractivity contribution is 0.451. The van der Waals surface area contributed by atoms with Crippen LogP contribution < -0.4 is 4.74 Å². The maximum Gasteiger partial charge on any atom is 0.223 e. The number of hydrogen-bond acceptors (Lipinski definition) is 3. The fourth-order valence-corrected chi connectivity index (χ4v) is 2.01. The van der Waals surface area contributed by atoms with Gasteiger partial charge in [-0.1, -0.05) is 0 Å². The van der Waals surface area contributed by atoms with Crippen molar-refractivity contribution in [2.45, 2.75) is 6.92 Å². The van der Waals surface area contributed by atoms with E-state index in [1.165, 1.54) is 12.1 Å². The van der Waals surface area contributed by atoms with Crippen LogP contribution in [-0.2, 0) is 0 Å². The molecule has 0 fully saturated rings. The number of halogens is 3. The van der Waals surface area contributed by atoms with Gasteiger partial charge in [-0.3, -0.25) is 0 Å². The molecule has 88 valence electrons. The predicted octanol–water partition coefficient (Wildman–Crippen LogP) is 4.24. The summed E-state index contributed by atoms with van der Waals surface area (Å²) in [5.74, 6) is 0.931. The largest absolute Gasteiger partial charge is 0.438 e. The molecule has 2 aromatic rings. The summed E-state index contributed by atoms with van der Waals surface area (Å²) in [6.07, 6.45) is 0. The Morgan fingerprint density at radius 3 is 2.65 bits per heavy atom. The minimum absolute atomic E-state index is 0.357. The third-order valence-electron chi connectivity index (χ3n) is 1.89. The van der Waals surface area contributed by atoms with Crippen molar-refractivity contribution in [3.8, 4) is 11.6 Å². The lowest BCUT2D eigenvalue weighted by atomic mass is 10.3. The van der Waals surface area contributed by atoms with Gasteiger partial charge in [0.25, 0.3) is 0 Å². The molecule has 3 nitrogen and oxygen atoms in total. The van der Waals surface area contributed by atoms with Gasteiger partial charge in [-0.15, -0.1) is 0 Å². The van der Waals surface area contributed by atoms with Crippen LogP contribution in [0.25, 0.3) is 0 Å². The summed E-state index contributed by atoms with van der Waals surface area (Å²) >= 11 is 6.52. The minimum atomic E-state index is -0.368. The smallest absolute Gasteiger partial charge is 0.223 e. The maximum atomic E-state index is 13.1. The molecule has 2 rings (SSSR count). The third kappa shape index (κ3) is 3.23. The molecule has 0 saturated heterocycles. The van der Waals surface area contributed by atoms with Crippen LogP contribution in [-0.4, -0.2) is 9.97 Å². The standard InChI is InChI=1S/C11H7Br2FN2O/c1-6-15-10(13)5-11(16-6)17-9-4-7(14)2-3-8(9)12/h2-5H,1H3. The molecule has 6 heteroatoms. The van der Waals surface area contributed by atoms with Gasteiger partial charge in [0.1, 0.15) is 22.0 Å². The van der Waals surface area contributed by atoms with E-state index in [9.17, 15) is 4.39 Å². The van der Waals surface area contributed by atoms with Crippen molar-refractivity contribution < 1.29 is 9.13 Å². The molecule has 0 N–H and O–H groups in total. The van der Waals surface area contributed by atoms with E-state index in [1.807, 2.05) is 0 Å². The summed E-state index contributed by atoms with van der Waals surface area (Å²) in [6.45, 7) is 1.75. The van der Waals surface area contributed by atoms with E-state index < -0.39 is 0 Å². The number of ether oxygens (including phenoxy) is 1. The van der Waals surface area contributed by atoms with E-state index in [0.717, 1.165) is 0 Å². The molecule has 0 saturated carbocycles. The number of nitrogens with zero attached hydrogens (tertiary/aromatic N) is 2. The summed E-state index contributed by atoms with van der Waals surface area (Å²) in [6, 6.07) is 5.83. The summed E-state index contributed by atoms with van der Waals surface area (Å²) < 4.78 is 19.8. The average molecular weight is 362 g/mol. The molecule has 1 aromatic carbocycles. The topological polar surface area (TPSA) is 35.0 Å². The molecule has 1 aromatic heterocycles. The van der Waals surface area contributed by atoms with E-state index in [4.69, 9.17) is 4.74 Å². The Bertz CT molecular complexity index is 543. The molecule has 1 heterocycles. The fourth-order valence-electron chi connectivity index (χ4n) is 1.23. The second-order valence-electron chi connectivity index (χ2n) is 3.25. The molecular weight excluding hydrogens is 355 g/mol. The summed E-state index contributed by atoms with van der Waals surface area (Å²) in [7, 11) is 0. The first kappa shape index (κ1) is 12.4. The molecule has 0 bridgehead atoms. The van der Waals surface area contributed by atoms with Gasteiger partial charge in [-0.25, -0.2) is 9.37 Å². The molecule has 0 amide bonds. The van der Waals surface area contributed by atoms with Crippen LogP contribution >= 0.6 is 31.9 Å². The Kier molecular flexibility index (Phi) is 3.73. The van der Waals surface area contributed by atoms with E-state index in [0.29, 0.717) is 26.5 Å². The van der Waals surface area contributed by atoms with Gasteiger partial charge in [0.05, 0.1) is 4.47 Å². The zero-order valence-electron chi connectivity index (χ0n) is 8.75. The molecule has 0 spiro atoms. The van der Waals surface area contributed by atoms with Gasteiger partial charge in [-0.05, 0) is 50.9 Å². The minimum Gasteiger partial charge on any atom is -0.438 e. The van der Waals surface area contributed by atoms with E-state index in [2.05, 4.69) is 41.8 Å². The van der Waals surface area contributed by atoms with Crippen LogP contribution in [0.5, 0.6) is 11.6 Å². The van der Waals surface area contributed by atoms with Gasteiger partial charge in [-0.2, -0.15) is 4.98 Å². The lowest BCUT2D eigenvalue weighted by Crippen LogP contribution is -1.94. The summed E-state index contributed by atoms with van der Waals surface area (Å²) in [5, 5.41) is 0. The average Bonchev–Trinajstić information content (AvgIpc) is 2.22. The highest BCUT2D eigenvalue weighted by Crippen LogP contribution is 2.30. The van der Waals surface area contributed by atoms with Crippen LogP contribution in [0, 0.1) is 12.7 Å². The number of aromatic nitrogens is 2. The summed E-state index contributed by atoms with van der Waals surface area (Å²) in [5.41, 5.74) is 0. The van der Waals surface area contributed by atoms with Crippen molar-refractivity contribution in [3.05, 3.63) is 45.0 Å². The van der Waals surface area contributed by atoms with E-state index in [1.54, 1.807) is 19.1 Å². The molecule has 0 atom stereocenters. The molecular formula is C11H7Br2FN2O. The Hall–Kier alpha value is -1.01. The predicted molar refractivity (Wildman–Crippen MR) is 68.6 cm³/mol. The second kappa shape index (κ2) is 5.10. The molecule has 0 unspecified atom stereocenters. The monoisotopic (exact) mass is 360 g/mol. The van der Waals surface area contributed by atoms with Crippen LogP contribution in [0.15, 0.2) is 33.3 Å². The van der Waals surface area contributed by atoms with Gasteiger partial charge in [0, 0.05) is 12.1 Å². The first-order valence-corrected chi connectivity index (χ1v) is 6.27. The molecule has 0 aliphatic rings. The van der Waals surface area contributed by atoms with Gasteiger partial charge in [0.15, 0.2) is 0 Å². The fraction of sp³-hybridized carbons (Fsp3) is 0.0909. The first-order chi connectivity index (χ1) is 8.04. The zero-order valence-corrected chi connectivity index (χ0v) is 11.9. The van der Waals surface area contributed by atoms with Crippen molar-refractivity contribution in [2.75, 3.05) is 0 Å². The van der Waals surface area contributed by atoms with Crippen molar-refractivity contribution >= 4 is 31.9 Å². The highest BCUT2D eigenvalue weighted by atomic mass is 79.9. The normalized spacial score (nSPS) is 10.4. The third-order valence-corrected chi connectivity index (χ3v) is 2.95. The van der Waals surface area contributed by atoms with Gasteiger partial charge < -0.3 is 4.74 Å². The van der Waals surface area contributed by atoms with Crippen molar-refractivity contribution in [3.63, 3.8) is 0 Å². The zero-order chi connectivity index (χ0) is 12.4. The van der Waals surface area contributed by atoms with Crippen LogP contribution in [0.3, 0.4) is 0 Å². The Morgan fingerprint density at radius 1 is 1.18 bits per heavy atom. The Labute approximate surface area is 114 Å². The van der Waals surface area contributed by atoms with Gasteiger partial charge in [0.2, 0.25) is 5.88 Å². The molecule has 0 aliphatic heterocycles. The second-order valence-corrected chi connectivity index (χ2v) is 4.92. The van der Waals surface area contributed by atoms with E-state index in [-0.39, 0.29) is 5.82 Å². The highest BCUT2D eigenvalue weighted by molar-refractivity contribution is 9.10. The SMILES string of the molecule is Cc1nc(Br)cc(Oc2cc(F)ccc2Br)n1. The maximum absolute atomic E-state index is 13.1. The van der Waals surface area contributed by atoms with Gasteiger partial charge >= 0.3 is 0 Å². The number of rotatable bonds is 2. The quantitative estimate of drug-likeness (QED) is 0.750. The lowest BCUT2D eigenvalue weighted by Gasteiger charge is -2.07. The number of aryl methyl sites for hydroxylation is 1.